The van der Waals surface area contributed by atoms with Crippen molar-refractivity contribution in [2.24, 2.45) is 17.3 Å². The van der Waals surface area contributed by atoms with Gasteiger partial charge in [-0.15, -0.1) is 0 Å². The third-order valence-electron chi connectivity index (χ3n) is 4.51. The van der Waals surface area contributed by atoms with E-state index in [1.807, 2.05) is 13.8 Å². The molecule has 0 heterocycles. The van der Waals surface area contributed by atoms with Crippen LogP contribution in [0.2, 0.25) is 0 Å². The maximum absolute atomic E-state index is 11.1. The Kier molecular flexibility index (Phi) is 6.31. The summed E-state index contributed by atoms with van der Waals surface area (Å²) in [6.45, 7) is 9.01. The number of nitrogens with one attached hydrogen (secondary N) is 1. The summed E-state index contributed by atoms with van der Waals surface area (Å²) >= 11 is 0. The lowest BCUT2D eigenvalue weighted by molar-refractivity contribution is -0.147. The molecule has 3 heteroatoms. The van der Waals surface area contributed by atoms with E-state index in [0.717, 1.165) is 18.4 Å². The van der Waals surface area contributed by atoms with Crippen molar-refractivity contribution >= 4 is 5.97 Å². The van der Waals surface area contributed by atoms with Gasteiger partial charge in [0.1, 0.15) is 0 Å². The van der Waals surface area contributed by atoms with Crippen molar-refractivity contribution in [1.29, 1.82) is 0 Å². The summed E-state index contributed by atoms with van der Waals surface area (Å²) in [5.74, 6) is 0.889. The van der Waals surface area contributed by atoms with Crippen LogP contribution >= 0.6 is 0 Å². The third kappa shape index (κ3) is 5.52. The van der Waals surface area contributed by atoms with Crippen LogP contribution in [-0.4, -0.2) is 23.7 Å². The van der Waals surface area contributed by atoms with Gasteiger partial charge >= 0.3 is 5.97 Å². The summed E-state index contributed by atoms with van der Waals surface area (Å²) in [6.07, 6.45) is 7.25. The lowest BCUT2D eigenvalue weighted by Crippen LogP contribution is -2.36. The van der Waals surface area contributed by atoms with Crippen molar-refractivity contribution in [1.82, 2.24) is 5.32 Å². The summed E-state index contributed by atoms with van der Waals surface area (Å²) in [6, 6.07) is 0.614. The molecule has 1 saturated carbocycles. The van der Waals surface area contributed by atoms with Crippen LogP contribution in [0.3, 0.4) is 0 Å². The maximum Gasteiger partial charge on any atom is 0.309 e. The van der Waals surface area contributed by atoms with Gasteiger partial charge in [0.05, 0.1) is 5.41 Å². The molecular weight excluding hydrogens is 238 g/mol. The van der Waals surface area contributed by atoms with Crippen molar-refractivity contribution in [2.75, 3.05) is 6.54 Å². The van der Waals surface area contributed by atoms with Crippen LogP contribution in [0, 0.1) is 17.3 Å². The molecule has 0 spiro atoms. The Labute approximate surface area is 118 Å². The molecule has 1 aliphatic rings. The molecule has 0 aromatic heterocycles. The molecule has 0 aromatic carbocycles. The van der Waals surface area contributed by atoms with Gasteiger partial charge < -0.3 is 10.4 Å². The topological polar surface area (TPSA) is 49.3 Å². The minimum absolute atomic E-state index is 0.612. The number of hydrogen-bond acceptors (Lipinski definition) is 2. The van der Waals surface area contributed by atoms with E-state index < -0.39 is 11.4 Å². The second-order valence-electron chi connectivity index (χ2n) is 7.16. The molecule has 0 amide bonds. The standard InChI is InChI=1S/C16H31NO2/c1-12(2)8-9-13-6-5-7-14(13)17-11-10-16(3,4)15(18)19/h12-14,17H,5-11H2,1-4H3,(H,18,19). The molecule has 0 aromatic rings. The Balaban J connectivity index is 2.29. The normalized spacial score (nSPS) is 24.1. The molecule has 1 rings (SSSR count). The van der Waals surface area contributed by atoms with E-state index in [4.69, 9.17) is 5.11 Å². The molecule has 2 unspecified atom stereocenters. The SMILES string of the molecule is CC(C)CCC1CCCC1NCCC(C)(C)C(=O)O. The smallest absolute Gasteiger partial charge is 0.309 e. The Morgan fingerprint density at radius 2 is 2.05 bits per heavy atom. The zero-order chi connectivity index (χ0) is 14.5. The Morgan fingerprint density at radius 3 is 2.63 bits per heavy atom. The van der Waals surface area contributed by atoms with E-state index in [2.05, 4.69) is 19.2 Å². The zero-order valence-electron chi connectivity index (χ0n) is 13.0. The fourth-order valence-corrected chi connectivity index (χ4v) is 2.88. The third-order valence-corrected chi connectivity index (χ3v) is 4.51. The highest BCUT2D eigenvalue weighted by Gasteiger charge is 2.29. The first-order valence-electron chi connectivity index (χ1n) is 7.79. The van der Waals surface area contributed by atoms with Crippen molar-refractivity contribution in [3.05, 3.63) is 0 Å². The lowest BCUT2D eigenvalue weighted by atomic mass is 9.89. The Morgan fingerprint density at radius 1 is 1.37 bits per heavy atom. The first kappa shape index (κ1) is 16.5. The maximum atomic E-state index is 11.1. The molecule has 0 bridgehead atoms. The zero-order valence-corrected chi connectivity index (χ0v) is 13.0. The van der Waals surface area contributed by atoms with Crippen LogP contribution in [0.15, 0.2) is 0 Å². The van der Waals surface area contributed by atoms with E-state index in [0.29, 0.717) is 12.5 Å². The molecule has 0 saturated heterocycles. The van der Waals surface area contributed by atoms with Crippen LogP contribution in [0.1, 0.15) is 66.2 Å². The molecule has 1 fully saturated rings. The summed E-state index contributed by atoms with van der Waals surface area (Å²) in [5.41, 5.74) is -0.612. The number of carboxylic acids is 1. The van der Waals surface area contributed by atoms with Crippen molar-refractivity contribution in [3.63, 3.8) is 0 Å². The summed E-state index contributed by atoms with van der Waals surface area (Å²) < 4.78 is 0. The fraction of sp³-hybridized carbons (Fsp3) is 0.938. The van der Waals surface area contributed by atoms with Crippen LogP contribution < -0.4 is 5.32 Å². The van der Waals surface area contributed by atoms with Gasteiger partial charge in [0.2, 0.25) is 0 Å². The second kappa shape index (κ2) is 7.28. The average Bonchev–Trinajstić information content (AvgIpc) is 2.73. The van der Waals surface area contributed by atoms with Gasteiger partial charge in [0, 0.05) is 6.04 Å². The van der Waals surface area contributed by atoms with E-state index in [1.54, 1.807) is 0 Å². The monoisotopic (exact) mass is 269 g/mol. The highest BCUT2D eigenvalue weighted by Crippen LogP contribution is 2.31. The number of rotatable bonds is 8. The average molecular weight is 269 g/mol. The quantitative estimate of drug-likeness (QED) is 0.706. The van der Waals surface area contributed by atoms with Crippen LogP contribution in [0.5, 0.6) is 0 Å². The van der Waals surface area contributed by atoms with Gasteiger partial charge in [-0.25, -0.2) is 0 Å². The van der Waals surface area contributed by atoms with E-state index in [9.17, 15) is 4.79 Å². The number of aliphatic carboxylic acids is 1. The summed E-state index contributed by atoms with van der Waals surface area (Å²) in [5, 5.41) is 12.7. The molecule has 19 heavy (non-hydrogen) atoms. The number of hydrogen-bond donors (Lipinski definition) is 2. The number of carboxylic acid groups (broad SMARTS) is 1. The molecule has 2 atom stereocenters. The molecule has 0 radical (unpaired) electrons. The highest BCUT2D eigenvalue weighted by molar-refractivity contribution is 5.73. The second-order valence-corrected chi connectivity index (χ2v) is 7.16. The van der Waals surface area contributed by atoms with Crippen LogP contribution in [0.4, 0.5) is 0 Å². The summed E-state index contributed by atoms with van der Waals surface area (Å²) in [4.78, 5) is 11.1. The highest BCUT2D eigenvalue weighted by atomic mass is 16.4. The molecule has 3 nitrogen and oxygen atoms in total. The molecular formula is C16H31NO2. The van der Waals surface area contributed by atoms with Crippen LogP contribution in [0.25, 0.3) is 0 Å². The largest absolute Gasteiger partial charge is 0.481 e. The molecule has 0 aliphatic heterocycles. The van der Waals surface area contributed by atoms with Crippen molar-refractivity contribution < 1.29 is 9.90 Å². The predicted molar refractivity (Wildman–Crippen MR) is 79.2 cm³/mol. The van der Waals surface area contributed by atoms with Gasteiger partial charge in [-0.05, 0) is 57.9 Å². The van der Waals surface area contributed by atoms with Crippen molar-refractivity contribution in [3.8, 4) is 0 Å². The van der Waals surface area contributed by atoms with Gasteiger partial charge in [-0.3, -0.25) is 4.79 Å². The summed E-state index contributed by atoms with van der Waals surface area (Å²) in [7, 11) is 0. The number of carbonyl (C=O) groups is 1. The van der Waals surface area contributed by atoms with E-state index in [-0.39, 0.29) is 0 Å². The fourth-order valence-electron chi connectivity index (χ4n) is 2.88. The van der Waals surface area contributed by atoms with Crippen LogP contribution in [-0.2, 0) is 4.79 Å². The molecule has 112 valence electrons. The van der Waals surface area contributed by atoms with E-state index in [1.165, 1.54) is 32.1 Å². The minimum atomic E-state index is -0.697. The van der Waals surface area contributed by atoms with Crippen molar-refractivity contribution in [2.45, 2.75) is 72.3 Å². The van der Waals surface area contributed by atoms with Gasteiger partial charge in [-0.2, -0.15) is 0 Å². The lowest BCUT2D eigenvalue weighted by Gasteiger charge is -2.24. The van der Waals surface area contributed by atoms with Gasteiger partial charge in [0.15, 0.2) is 0 Å². The minimum Gasteiger partial charge on any atom is -0.481 e. The van der Waals surface area contributed by atoms with Gasteiger partial charge in [0.25, 0.3) is 0 Å². The van der Waals surface area contributed by atoms with Gasteiger partial charge in [-0.1, -0.05) is 26.7 Å². The Hall–Kier alpha value is -0.570. The molecule has 2 N–H and O–H groups in total. The predicted octanol–water partition coefficient (Wildman–Crippen LogP) is 3.68. The first-order valence-corrected chi connectivity index (χ1v) is 7.79. The molecule has 1 aliphatic carbocycles. The van der Waals surface area contributed by atoms with E-state index >= 15 is 0 Å². The Bertz CT molecular complexity index is 286. The first-order chi connectivity index (χ1) is 8.83.